The second-order valence-electron chi connectivity index (χ2n) is 29.3. The zero-order valence-corrected chi connectivity index (χ0v) is 66.6. The van der Waals surface area contributed by atoms with Gasteiger partial charge in [-0.3, -0.25) is 37.3 Å². The standard InChI is InChI=1S/C80H156O17P2/c1-7-11-13-15-17-19-21-26-34-40-46-52-58-64-79(84)96-75(68-90-77(82)62-56-50-44-38-20-18-16-14-12-8-2)70-94-98(86,87)92-66-74(81)67-93-99(88,89)95-71-76(97-80(85)65-59-53-47-41-35-30-25-23-28-32-37-43-49-55-61-73(6)10-4)69-91-78(83)63-57-51-45-39-33-29-24-22-27-31-36-42-48-54-60-72(5)9-3/h72-76,81H,7-71H2,1-6H3,(H,86,87)(H,88,89)/t72?,73?,74-,75+,76+/m0/s1. The zero-order valence-electron chi connectivity index (χ0n) is 64.8. The van der Waals surface area contributed by atoms with Crippen LogP contribution in [0.5, 0.6) is 0 Å². The Kier molecular flexibility index (Phi) is 70.3. The van der Waals surface area contributed by atoms with Gasteiger partial charge in [-0.1, -0.05) is 369 Å². The third-order valence-corrected chi connectivity index (χ3v) is 21.3. The summed E-state index contributed by atoms with van der Waals surface area (Å²) in [4.78, 5) is 73.0. The van der Waals surface area contributed by atoms with Crippen molar-refractivity contribution in [3.05, 3.63) is 0 Å². The molecule has 0 saturated heterocycles. The number of ether oxygens (including phenoxy) is 4. The van der Waals surface area contributed by atoms with Gasteiger partial charge in [0.25, 0.3) is 0 Å². The molecule has 0 saturated carbocycles. The minimum Gasteiger partial charge on any atom is -0.462 e. The number of aliphatic hydroxyl groups excluding tert-OH is 1. The Morgan fingerprint density at radius 2 is 0.485 bits per heavy atom. The molecule has 0 rings (SSSR count). The van der Waals surface area contributed by atoms with Crippen LogP contribution in [0.15, 0.2) is 0 Å². The number of carbonyl (C=O) groups excluding carboxylic acids is 4. The lowest BCUT2D eigenvalue weighted by Crippen LogP contribution is -2.30. The van der Waals surface area contributed by atoms with Crippen molar-refractivity contribution >= 4 is 39.5 Å². The van der Waals surface area contributed by atoms with Gasteiger partial charge in [-0.15, -0.1) is 0 Å². The molecule has 0 aliphatic heterocycles. The first-order chi connectivity index (χ1) is 47.9. The number of rotatable bonds is 79. The maximum Gasteiger partial charge on any atom is 0.472 e. The molecule has 0 amide bonds. The minimum atomic E-state index is -4.96. The topological polar surface area (TPSA) is 237 Å². The van der Waals surface area contributed by atoms with Crippen LogP contribution in [-0.4, -0.2) is 96.7 Å². The molecule has 19 heteroatoms. The van der Waals surface area contributed by atoms with E-state index >= 15 is 0 Å². The molecule has 0 aliphatic rings. The van der Waals surface area contributed by atoms with E-state index in [1.807, 2.05) is 0 Å². The Bertz CT molecular complexity index is 1910. The second-order valence-corrected chi connectivity index (χ2v) is 32.2. The van der Waals surface area contributed by atoms with Crippen LogP contribution in [0.2, 0.25) is 0 Å². The van der Waals surface area contributed by atoms with E-state index < -0.39 is 97.5 Å². The normalized spacial score (nSPS) is 14.5. The molecule has 0 spiro atoms. The average Bonchev–Trinajstić information content (AvgIpc) is 1.17. The Morgan fingerprint density at radius 3 is 0.717 bits per heavy atom. The number of hydrogen-bond acceptors (Lipinski definition) is 15. The van der Waals surface area contributed by atoms with Crippen LogP contribution in [0.1, 0.15) is 420 Å². The molecule has 17 nitrogen and oxygen atoms in total. The van der Waals surface area contributed by atoms with Crippen LogP contribution in [0.3, 0.4) is 0 Å². The van der Waals surface area contributed by atoms with Crippen molar-refractivity contribution in [1.29, 1.82) is 0 Å². The number of hydrogen-bond donors (Lipinski definition) is 3. The minimum absolute atomic E-state index is 0.108. The van der Waals surface area contributed by atoms with Gasteiger partial charge < -0.3 is 33.8 Å². The lowest BCUT2D eigenvalue weighted by Gasteiger charge is -2.21. The molecular weight excluding hydrogens is 1290 g/mol. The number of aliphatic hydroxyl groups is 1. The lowest BCUT2D eigenvalue weighted by atomic mass is 9.99. The molecule has 4 unspecified atom stereocenters. The van der Waals surface area contributed by atoms with Crippen LogP contribution in [0.25, 0.3) is 0 Å². The molecule has 0 heterocycles. The van der Waals surface area contributed by atoms with Crippen molar-refractivity contribution in [2.45, 2.75) is 439 Å². The summed E-state index contributed by atoms with van der Waals surface area (Å²) in [6.45, 7) is 9.73. The van der Waals surface area contributed by atoms with Gasteiger partial charge in [0, 0.05) is 25.7 Å². The lowest BCUT2D eigenvalue weighted by molar-refractivity contribution is -0.161. The molecule has 7 atom stereocenters. The first-order valence-electron chi connectivity index (χ1n) is 41.6. The first-order valence-corrected chi connectivity index (χ1v) is 44.6. The number of esters is 4. The molecule has 0 aromatic heterocycles. The predicted molar refractivity (Wildman–Crippen MR) is 405 cm³/mol. The molecule has 0 aromatic carbocycles. The SMILES string of the molecule is CCCCCCCCCCCCCCCC(=O)O[C@H](COC(=O)CCCCCCCCCCCC)COP(=O)(O)OC[C@H](O)COP(=O)(O)OC[C@@H](COC(=O)CCCCCCCCCCCCCCCCC(C)CC)OC(=O)CCCCCCCCCCCCCCCCC(C)CC. The highest BCUT2D eigenvalue weighted by molar-refractivity contribution is 7.47. The summed E-state index contributed by atoms with van der Waals surface area (Å²) in [6, 6.07) is 0. The van der Waals surface area contributed by atoms with E-state index in [4.69, 9.17) is 37.0 Å². The number of unbranched alkanes of at least 4 members (excludes halogenated alkanes) is 47. The highest BCUT2D eigenvalue weighted by Crippen LogP contribution is 2.45. The summed E-state index contributed by atoms with van der Waals surface area (Å²) in [5, 5.41) is 10.6. The molecule has 0 aromatic rings. The highest BCUT2D eigenvalue weighted by atomic mass is 31.2. The van der Waals surface area contributed by atoms with Gasteiger partial charge >= 0.3 is 39.5 Å². The van der Waals surface area contributed by atoms with Gasteiger partial charge in [0.1, 0.15) is 19.3 Å². The largest absolute Gasteiger partial charge is 0.472 e. The Balaban J connectivity index is 5.24. The van der Waals surface area contributed by atoms with E-state index in [0.717, 1.165) is 102 Å². The third kappa shape index (κ3) is 71.5. The Hall–Kier alpha value is -1.94. The summed E-state index contributed by atoms with van der Waals surface area (Å²) in [7, 11) is -9.92. The van der Waals surface area contributed by atoms with Gasteiger partial charge in [-0.25, -0.2) is 9.13 Å². The van der Waals surface area contributed by atoms with E-state index in [1.165, 1.54) is 238 Å². The van der Waals surface area contributed by atoms with Crippen LogP contribution in [-0.2, 0) is 65.4 Å². The maximum atomic E-state index is 13.1. The fourth-order valence-corrected chi connectivity index (χ4v) is 13.9. The molecule has 0 aliphatic carbocycles. The number of carbonyl (C=O) groups is 4. The first kappa shape index (κ1) is 97.1. The zero-order chi connectivity index (χ0) is 72.8. The second kappa shape index (κ2) is 71.7. The summed E-state index contributed by atoms with van der Waals surface area (Å²) < 4.78 is 68.7. The van der Waals surface area contributed by atoms with Gasteiger partial charge in [0.05, 0.1) is 26.4 Å². The number of phosphoric acid groups is 2. The van der Waals surface area contributed by atoms with Crippen molar-refractivity contribution in [2.24, 2.45) is 11.8 Å². The van der Waals surface area contributed by atoms with E-state index in [0.29, 0.717) is 25.7 Å². The van der Waals surface area contributed by atoms with E-state index in [1.54, 1.807) is 0 Å². The third-order valence-electron chi connectivity index (χ3n) is 19.4. The average molecular weight is 1450 g/mol. The van der Waals surface area contributed by atoms with Crippen molar-refractivity contribution < 1.29 is 80.2 Å². The highest BCUT2D eigenvalue weighted by Gasteiger charge is 2.30. The summed E-state index contributed by atoms with van der Waals surface area (Å²) in [6.07, 6.45) is 60.8. The van der Waals surface area contributed by atoms with Crippen molar-refractivity contribution in [3.8, 4) is 0 Å². The number of phosphoric ester groups is 2. The van der Waals surface area contributed by atoms with Crippen LogP contribution < -0.4 is 0 Å². The van der Waals surface area contributed by atoms with Crippen molar-refractivity contribution in [1.82, 2.24) is 0 Å². The fraction of sp³-hybridized carbons (Fsp3) is 0.950. The monoisotopic (exact) mass is 1450 g/mol. The quantitative estimate of drug-likeness (QED) is 0.0222. The van der Waals surface area contributed by atoms with Gasteiger partial charge in [0.2, 0.25) is 0 Å². The van der Waals surface area contributed by atoms with E-state index in [2.05, 4.69) is 41.5 Å². The fourth-order valence-electron chi connectivity index (χ4n) is 12.3. The van der Waals surface area contributed by atoms with Crippen molar-refractivity contribution in [3.63, 3.8) is 0 Å². The molecular formula is C80H156O17P2. The maximum absolute atomic E-state index is 13.1. The molecule has 0 fully saturated rings. The molecule has 0 radical (unpaired) electrons. The van der Waals surface area contributed by atoms with Gasteiger partial charge in [-0.2, -0.15) is 0 Å². The van der Waals surface area contributed by atoms with Crippen LogP contribution in [0, 0.1) is 11.8 Å². The van der Waals surface area contributed by atoms with E-state index in [9.17, 15) is 43.2 Å². The molecule has 588 valence electrons. The summed E-state index contributed by atoms with van der Waals surface area (Å²) in [5.74, 6) is -0.412. The molecule has 0 bridgehead atoms. The smallest absolute Gasteiger partial charge is 0.462 e. The van der Waals surface area contributed by atoms with E-state index in [-0.39, 0.29) is 25.7 Å². The van der Waals surface area contributed by atoms with Crippen LogP contribution >= 0.6 is 15.6 Å². The Morgan fingerprint density at radius 1 is 0.283 bits per heavy atom. The molecule has 99 heavy (non-hydrogen) atoms. The summed E-state index contributed by atoms with van der Waals surface area (Å²) >= 11 is 0. The van der Waals surface area contributed by atoms with Gasteiger partial charge in [0.15, 0.2) is 12.2 Å². The predicted octanol–water partition coefficient (Wildman–Crippen LogP) is 23.9. The van der Waals surface area contributed by atoms with Crippen molar-refractivity contribution in [2.75, 3.05) is 39.6 Å². The van der Waals surface area contributed by atoms with Gasteiger partial charge in [-0.05, 0) is 37.5 Å². The van der Waals surface area contributed by atoms with Crippen LogP contribution in [0.4, 0.5) is 0 Å². The molecule has 3 N–H and O–H groups in total. The summed E-state index contributed by atoms with van der Waals surface area (Å²) in [5.41, 5.74) is 0. The Labute approximate surface area is 607 Å².